The van der Waals surface area contributed by atoms with Gasteiger partial charge in [0.05, 0.1) is 5.52 Å². The molecule has 0 atom stereocenters. The molecule has 0 amide bonds. The number of hydrogen-bond donors (Lipinski definition) is 0. The van der Waals surface area contributed by atoms with E-state index >= 15 is 0 Å². The van der Waals surface area contributed by atoms with E-state index in [1.807, 2.05) is 60.8 Å². The number of aryl methyl sites for hydroxylation is 2. The Morgan fingerprint density at radius 3 is 2.58 bits per heavy atom. The van der Waals surface area contributed by atoms with Crippen molar-refractivity contribution < 1.29 is 4.79 Å². The van der Waals surface area contributed by atoms with Gasteiger partial charge in [0.15, 0.2) is 6.29 Å². The highest BCUT2D eigenvalue weighted by Gasteiger charge is 2.13. The summed E-state index contributed by atoms with van der Waals surface area (Å²) in [5, 5.41) is 0. The van der Waals surface area contributed by atoms with E-state index in [0.717, 1.165) is 40.0 Å². The van der Waals surface area contributed by atoms with E-state index < -0.39 is 0 Å². The molecule has 0 aliphatic rings. The second-order valence-corrected chi connectivity index (χ2v) is 4.64. The first-order valence-electron chi connectivity index (χ1n) is 6.20. The van der Waals surface area contributed by atoms with Crippen molar-refractivity contribution in [3.63, 3.8) is 0 Å². The minimum Gasteiger partial charge on any atom is -0.304 e. The van der Waals surface area contributed by atoms with Crippen LogP contribution in [-0.4, -0.2) is 15.7 Å². The van der Waals surface area contributed by atoms with Crippen molar-refractivity contribution in [2.24, 2.45) is 0 Å². The molecule has 3 aromatic rings. The fourth-order valence-corrected chi connectivity index (χ4v) is 2.46. The lowest BCUT2D eigenvalue weighted by atomic mass is 10.0. The SMILES string of the molecule is Cc1cc2c(C=O)c(-c3ccccc3)cn2c(C)n1. The van der Waals surface area contributed by atoms with Crippen molar-refractivity contribution in [1.29, 1.82) is 0 Å². The lowest BCUT2D eigenvalue weighted by Crippen LogP contribution is -1.96. The summed E-state index contributed by atoms with van der Waals surface area (Å²) in [5.74, 6) is 0.889. The number of aldehydes is 1. The Morgan fingerprint density at radius 1 is 1.16 bits per heavy atom. The molecular weight excluding hydrogens is 236 g/mol. The predicted octanol–water partition coefficient (Wildman–Crippen LogP) is 3.43. The number of hydrogen-bond acceptors (Lipinski definition) is 2. The fraction of sp³-hybridized carbons (Fsp3) is 0.125. The van der Waals surface area contributed by atoms with Crippen molar-refractivity contribution in [3.05, 3.63) is 59.7 Å². The zero-order chi connectivity index (χ0) is 13.4. The van der Waals surface area contributed by atoms with Crippen molar-refractivity contribution >= 4 is 11.8 Å². The highest BCUT2D eigenvalue weighted by Crippen LogP contribution is 2.28. The first-order valence-corrected chi connectivity index (χ1v) is 6.20. The average Bonchev–Trinajstić information content (AvgIpc) is 2.78. The first-order chi connectivity index (χ1) is 9.20. The maximum atomic E-state index is 11.5. The quantitative estimate of drug-likeness (QED) is 0.653. The molecule has 0 spiro atoms. The average molecular weight is 250 g/mol. The molecule has 0 aliphatic heterocycles. The Bertz CT molecular complexity index is 757. The van der Waals surface area contributed by atoms with E-state index in [9.17, 15) is 4.79 Å². The molecular formula is C16H14N2O. The Hall–Kier alpha value is -2.42. The lowest BCUT2D eigenvalue weighted by molar-refractivity contribution is 0.112. The van der Waals surface area contributed by atoms with Gasteiger partial charge in [-0.1, -0.05) is 30.3 Å². The van der Waals surface area contributed by atoms with Crippen LogP contribution in [-0.2, 0) is 0 Å². The van der Waals surface area contributed by atoms with E-state index in [2.05, 4.69) is 4.98 Å². The summed E-state index contributed by atoms with van der Waals surface area (Å²) in [4.78, 5) is 15.9. The smallest absolute Gasteiger partial charge is 0.152 e. The van der Waals surface area contributed by atoms with E-state index in [-0.39, 0.29) is 0 Å². The third kappa shape index (κ3) is 1.83. The van der Waals surface area contributed by atoms with Gasteiger partial charge >= 0.3 is 0 Å². The molecule has 2 heterocycles. The molecule has 0 saturated heterocycles. The minimum atomic E-state index is 0.722. The van der Waals surface area contributed by atoms with Gasteiger partial charge in [-0.25, -0.2) is 4.98 Å². The Morgan fingerprint density at radius 2 is 1.89 bits per heavy atom. The van der Waals surface area contributed by atoms with Crippen LogP contribution in [0.2, 0.25) is 0 Å². The zero-order valence-corrected chi connectivity index (χ0v) is 10.9. The summed E-state index contributed by atoms with van der Waals surface area (Å²) >= 11 is 0. The van der Waals surface area contributed by atoms with Crippen LogP contribution in [0.3, 0.4) is 0 Å². The van der Waals surface area contributed by atoms with E-state index in [0.29, 0.717) is 0 Å². The number of fused-ring (bicyclic) bond motifs is 1. The molecule has 0 fully saturated rings. The molecule has 2 aromatic heterocycles. The maximum Gasteiger partial charge on any atom is 0.152 e. The summed E-state index contributed by atoms with van der Waals surface area (Å²) in [6.07, 6.45) is 2.91. The normalized spacial score (nSPS) is 10.8. The van der Waals surface area contributed by atoms with Crippen LogP contribution in [0.25, 0.3) is 16.6 Å². The van der Waals surface area contributed by atoms with Crippen LogP contribution in [0, 0.1) is 13.8 Å². The van der Waals surface area contributed by atoms with Gasteiger partial charge in [-0.2, -0.15) is 0 Å². The second kappa shape index (κ2) is 4.35. The van der Waals surface area contributed by atoms with Crippen LogP contribution in [0.15, 0.2) is 42.6 Å². The van der Waals surface area contributed by atoms with Gasteiger partial charge in [-0.3, -0.25) is 4.79 Å². The van der Waals surface area contributed by atoms with E-state index in [1.165, 1.54) is 0 Å². The van der Waals surface area contributed by atoms with Crippen LogP contribution in [0.4, 0.5) is 0 Å². The first kappa shape index (κ1) is 11.7. The molecule has 0 N–H and O–H groups in total. The molecule has 0 aliphatic carbocycles. The number of carbonyl (C=O) groups is 1. The van der Waals surface area contributed by atoms with Gasteiger partial charge in [-0.15, -0.1) is 0 Å². The third-order valence-electron chi connectivity index (χ3n) is 3.32. The zero-order valence-electron chi connectivity index (χ0n) is 10.9. The van der Waals surface area contributed by atoms with Gasteiger partial charge in [-0.05, 0) is 25.5 Å². The molecule has 0 unspecified atom stereocenters. The highest BCUT2D eigenvalue weighted by molar-refractivity contribution is 5.96. The summed E-state index contributed by atoms with van der Waals surface area (Å²) < 4.78 is 1.97. The second-order valence-electron chi connectivity index (χ2n) is 4.64. The van der Waals surface area contributed by atoms with Gasteiger partial charge in [0.2, 0.25) is 0 Å². The highest BCUT2D eigenvalue weighted by atomic mass is 16.1. The topological polar surface area (TPSA) is 34.4 Å². The molecule has 0 radical (unpaired) electrons. The van der Waals surface area contributed by atoms with Crippen LogP contribution in [0.5, 0.6) is 0 Å². The molecule has 1 aromatic carbocycles. The van der Waals surface area contributed by atoms with Crippen LogP contribution < -0.4 is 0 Å². The van der Waals surface area contributed by atoms with Crippen molar-refractivity contribution in [2.75, 3.05) is 0 Å². The third-order valence-corrected chi connectivity index (χ3v) is 3.32. The van der Waals surface area contributed by atoms with Crippen LogP contribution >= 0.6 is 0 Å². The number of benzene rings is 1. The fourth-order valence-electron chi connectivity index (χ4n) is 2.46. The van der Waals surface area contributed by atoms with E-state index in [1.54, 1.807) is 0 Å². The number of nitrogens with zero attached hydrogens (tertiary/aromatic N) is 2. The van der Waals surface area contributed by atoms with E-state index in [4.69, 9.17) is 0 Å². The molecule has 3 heteroatoms. The number of rotatable bonds is 2. The monoisotopic (exact) mass is 250 g/mol. The van der Waals surface area contributed by atoms with Gasteiger partial charge < -0.3 is 4.40 Å². The molecule has 0 bridgehead atoms. The molecule has 19 heavy (non-hydrogen) atoms. The number of carbonyl (C=O) groups excluding carboxylic acids is 1. The van der Waals surface area contributed by atoms with Crippen molar-refractivity contribution in [1.82, 2.24) is 9.38 Å². The van der Waals surface area contributed by atoms with Gasteiger partial charge in [0.25, 0.3) is 0 Å². The molecule has 0 saturated carbocycles. The summed E-state index contributed by atoms with van der Waals surface area (Å²) in [6, 6.07) is 11.9. The maximum absolute atomic E-state index is 11.5. The van der Waals surface area contributed by atoms with Crippen molar-refractivity contribution in [2.45, 2.75) is 13.8 Å². The minimum absolute atomic E-state index is 0.722. The van der Waals surface area contributed by atoms with Crippen molar-refractivity contribution in [3.8, 4) is 11.1 Å². The standard InChI is InChI=1S/C16H14N2O/c1-11-8-16-15(10-19)14(9-18(16)12(2)17-11)13-6-4-3-5-7-13/h3-10H,1-2H3. The molecule has 3 nitrogen and oxygen atoms in total. The van der Waals surface area contributed by atoms with Gasteiger partial charge in [0.1, 0.15) is 5.82 Å². The largest absolute Gasteiger partial charge is 0.304 e. The molecule has 94 valence electrons. The lowest BCUT2D eigenvalue weighted by Gasteiger charge is -2.01. The van der Waals surface area contributed by atoms with Crippen LogP contribution in [0.1, 0.15) is 21.9 Å². The van der Waals surface area contributed by atoms with Gasteiger partial charge in [0, 0.05) is 23.0 Å². The predicted molar refractivity (Wildman–Crippen MR) is 75.5 cm³/mol. The summed E-state index contributed by atoms with van der Waals surface area (Å²) in [5.41, 5.74) is 4.56. The summed E-state index contributed by atoms with van der Waals surface area (Å²) in [6.45, 7) is 3.89. The summed E-state index contributed by atoms with van der Waals surface area (Å²) in [7, 11) is 0. The Kier molecular flexibility index (Phi) is 2.67. The Balaban J connectivity index is 2.38. The molecule has 3 rings (SSSR count). The Labute approximate surface area is 111 Å². The number of aromatic nitrogens is 2.